The van der Waals surface area contributed by atoms with E-state index in [1.54, 1.807) is 30.3 Å². The number of nitrogens with two attached hydrogens (primary N) is 1. The Bertz CT molecular complexity index is 961. The Morgan fingerprint density at radius 1 is 1.47 bits per heavy atom. The third-order valence-corrected chi connectivity index (χ3v) is 6.42. The average molecular weight is 456 g/mol. The molecular weight excluding hydrogens is 435 g/mol. The molecule has 1 aliphatic heterocycles. The number of aliphatic carboxylic acids is 1. The van der Waals surface area contributed by atoms with Crippen LogP contribution in [0.25, 0.3) is 0 Å². The molecule has 2 heterocycles. The molecule has 0 aliphatic carbocycles. The molecule has 2 aromatic rings. The summed E-state index contributed by atoms with van der Waals surface area (Å²) < 4.78 is 25.1. The van der Waals surface area contributed by atoms with Gasteiger partial charge in [0, 0.05) is 11.9 Å². The molecule has 1 fully saturated rings. The van der Waals surface area contributed by atoms with Crippen LogP contribution >= 0.6 is 19.9 Å². The molecule has 4 atom stereocenters. The number of carbonyl (C=O) groups is 1. The van der Waals surface area contributed by atoms with E-state index in [-0.39, 0.29) is 12.4 Å². The molecule has 2 unspecified atom stereocenters. The van der Waals surface area contributed by atoms with Crippen LogP contribution in [0.1, 0.15) is 13.2 Å². The quantitative estimate of drug-likeness (QED) is 0.419. The smallest absolute Gasteiger partial charge is 0.351 e. The first-order chi connectivity index (χ1) is 14.3. The number of anilines is 1. The number of aromatic nitrogens is 2. The highest BCUT2D eigenvalue weighted by Crippen LogP contribution is 2.37. The number of benzene rings is 1. The van der Waals surface area contributed by atoms with Crippen molar-refractivity contribution in [2.75, 3.05) is 18.1 Å². The maximum atomic E-state index is 12.6. The van der Waals surface area contributed by atoms with Crippen LogP contribution in [0, 0.1) is 0 Å². The number of para-hydroxylation sites is 1. The van der Waals surface area contributed by atoms with Gasteiger partial charge in [-0.3, -0.25) is 13.9 Å². The highest BCUT2D eigenvalue weighted by Gasteiger charge is 2.32. The molecule has 1 aliphatic rings. The van der Waals surface area contributed by atoms with Crippen LogP contribution in [0.4, 0.5) is 5.82 Å². The number of hydrogen-bond donors (Lipinski definition) is 2. The predicted octanol–water partition coefficient (Wildman–Crippen LogP) is 1.59. The van der Waals surface area contributed by atoms with E-state index in [0.29, 0.717) is 11.5 Å². The van der Waals surface area contributed by atoms with E-state index in [9.17, 15) is 19.3 Å². The fraction of sp³-hybridized carbons (Fsp3) is 0.353. The van der Waals surface area contributed by atoms with Gasteiger partial charge in [-0.15, -0.1) is 11.8 Å². The first-order valence-electron chi connectivity index (χ1n) is 8.88. The minimum atomic E-state index is -3.06. The van der Waals surface area contributed by atoms with Crippen molar-refractivity contribution in [3.05, 3.63) is 53.1 Å². The number of rotatable bonds is 9. The molecule has 1 aromatic heterocycles. The molecule has 0 bridgehead atoms. The average Bonchev–Trinajstić information content (AvgIpc) is 3.19. The number of ether oxygens (including phenoxy) is 1. The fourth-order valence-electron chi connectivity index (χ4n) is 2.49. The highest BCUT2D eigenvalue weighted by atomic mass is 32.2. The molecule has 1 saturated heterocycles. The molecule has 0 radical (unpaired) electrons. The summed E-state index contributed by atoms with van der Waals surface area (Å²) in [6.45, 7) is 1.26. The van der Waals surface area contributed by atoms with Crippen molar-refractivity contribution in [3.8, 4) is 5.75 Å². The zero-order chi connectivity index (χ0) is 21.7. The summed E-state index contributed by atoms with van der Waals surface area (Å²) >= 11 is 1.37. The Labute approximate surface area is 176 Å². The number of hydroxylamine groups is 1. The lowest BCUT2D eigenvalue weighted by Gasteiger charge is -2.25. The van der Waals surface area contributed by atoms with Crippen molar-refractivity contribution in [3.63, 3.8) is 0 Å². The van der Waals surface area contributed by atoms with Crippen LogP contribution in [-0.2, 0) is 18.6 Å². The molecule has 30 heavy (non-hydrogen) atoms. The van der Waals surface area contributed by atoms with Crippen LogP contribution in [0.15, 0.2) is 47.4 Å². The number of nitrogen functional groups attached to an aromatic ring is 1. The second-order valence-corrected chi connectivity index (χ2v) is 8.67. The van der Waals surface area contributed by atoms with Crippen LogP contribution in [0.5, 0.6) is 5.75 Å². The van der Waals surface area contributed by atoms with Gasteiger partial charge in [-0.2, -0.15) is 4.98 Å². The van der Waals surface area contributed by atoms with Gasteiger partial charge in [0.15, 0.2) is 0 Å². The maximum absolute atomic E-state index is 12.6. The minimum Gasteiger partial charge on any atom is -0.480 e. The number of carboxylic acid groups (broad SMARTS) is 1. The molecule has 13 heteroatoms. The largest absolute Gasteiger partial charge is 0.480 e. The van der Waals surface area contributed by atoms with E-state index in [1.807, 2.05) is 0 Å². The zero-order valence-corrected chi connectivity index (χ0v) is 17.7. The summed E-state index contributed by atoms with van der Waals surface area (Å²) in [6, 6.07) is 8.67. The molecule has 0 amide bonds. The Kier molecular flexibility index (Phi) is 7.51. The van der Waals surface area contributed by atoms with Crippen molar-refractivity contribution in [2.45, 2.75) is 24.6 Å². The molecule has 3 rings (SSSR count). The second-order valence-electron chi connectivity index (χ2n) is 6.22. The van der Waals surface area contributed by atoms with Crippen molar-refractivity contribution in [2.24, 2.45) is 0 Å². The van der Waals surface area contributed by atoms with Crippen molar-refractivity contribution >= 4 is 31.7 Å². The van der Waals surface area contributed by atoms with E-state index in [0.717, 1.165) is 4.83 Å². The molecule has 3 N–H and O–H groups in total. The molecule has 11 nitrogen and oxygen atoms in total. The third kappa shape index (κ3) is 5.61. The Balaban J connectivity index is 1.59. The lowest BCUT2D eigenvalue weighted by molar-refractivity contribution is -0.148. The van der Waals surface area contributed by atoms with Crippen molar-refractivity contribution < 1.29 is 28.6 Å². The molecule has 162 valence electrons. The fourth-order valence-corrected chi connectivity index (χ4v) is 4.63. The summed E-state index contributed by atoms with van der Waals surface area (Å²) in [6.07, 6.45) is 0.924. The summed E-state index contributed by atoms with van der Waals surface area (Å²) in [7, 11) is -3.06. The SMILES string of the molecule is CC(C(=O)O)N(Oc1ccccc1)[PH](=O)OC[C@@H]1O[C@H](n2ccc(N)nc2=O)CS1. The summed E-state index contributed by atoms with van der Waals surface area (Å²) in [5.41, 5.74) is 4.44. The third-order valence-electron chi connectivity index (χ3n) is 4.07. The van der Waals surface area contributed by atoms with Gasteiger partial charge in [0.1, 0.15) is 29.3 Å². The number of carboxylic acids is 1. The Hall–Kier alpha value is -2.37. The predicted molar refractivity (Wildman–Crippen MR) is 110 cm³/mol. The first-order valence-corrected chi connectivity index (χ1v) is 11.2. The first kappa shape index (κ1) is 22.3. The number of hydrogen-bond acceptors (Lipinski definition) is 9. The minimum absolute atomic E-state index is 0.0862. The molecule has 1 aromatic carbocycles. The van der Waals surface area contributed by atoms with Crippen molar-refractivity contribution in [1.82, 2.24) is 14.4 Å². The van der Waals surface area contributed by atoms with E-state index in [4.69, 9.17) is 19.8 Å². The van der Waals surface area contributed by atoms with E-state index >= 15 is 0 Å². The van der Waals surface area contributed by atoms with Gasteiger partial charge in [0.25, 0.3) is 8.18 Å². The Morgan fingerprint density at radius 2 is 2.20 bits per heavy atom. The summed E-state index contributed by atoms with van der Waals surface area (Å²) in [5.74, 6) is -0.314. The zero-order valence-electron chi connectivity index (χ0n) is 15.9. The van der Waals surface area contributed by atoms with Crippen LogP contribution < -0.4 is 16.3 Å². The van der Waals surface area contributed by atoms with Gasteiger partial charge < -0.3 is 24.9 Å². The van der Waals surface area contributed by atoms with E-state index in [2.05, 4.69) is 4.98 Å². The molecule has 0 saturated carbocycles. The maximum Gasteiger partial charge on any atom is 0.351 e. The van der Waals surface area contributed by atoms with Gasteiger partial charge in [-0.1, -0.05) is 23.0 Å². The van der Waals surface area contributed by atoms with Gasteiger partial charge in [-0.05, 0) is 25.1 Å². The highest BCUT2D eigenvalue weighted by molar-refractivity contribution is 8.00. The van der Waals surface area contributed by atoms with Crippen LogP contribution in [0.3, 0.4) is 0 Å². The van der Waals surface area contributed by atoms with Gasteiger partial charge in [0.05, 0.1) is 6.61 Å². The lowest BCUT2D eigenvalue weighted by atomic mass is 10.3. The number of thioether (sulfide) groups is 1. The van der Waals surface area contributed by atoms with E-state index in [1.165, 1.54) is 35.5 Å². The number of nitrogens with zero attached hydrogens (tertiary/aromatic N) is 3. The summed E-state index contributed by atoms with van der Waals surface area (Å²) in [5, 5.41) is 9.29. The van der Waals surface area contributed by atoms with Crippen LogP contribution in [0.2, 0.25) is 0 Å². The molecular formula is C17H21N4O7PS. The standard InChI is InChI=1S/C17H21N4O7PS/c1-11(16(22)23)21(28-12-5-3-2-4-6-12)29(25)26-9-15-27-14(10-30-15)20-8-7-13(18)19-17(20)24/h2-8,11,14-15,29H,9-10H2,1H3,(H,22,23)(H2,18,19,24)/t11?,14-,15+/m0/s1. The Morgan fingerprint density at radius 3 is 2.87 bits per heavy atom. The monoisotopic (exact) mass is 456 g/mol. The summed E-state index contributed by atoms with van der Waals surface area (Å²) in [4.78, 5) is 33.3. The van der Waals surface area contributed by atoms with Crippen molar-refractivity contribution in [1.29, 1.82) is 0 Å². The lowest BCUT2D eigenvalue weighted by Crippen LogP contribution is -2.37. The van der Waals surface area contributed by atoms with Gasteiger partial charge in [0.2, 0.25) is 0 Å². The van der Waals surface area contributed by atoms with Crippen LogP contribution in [-0.4, -0.2) is 49.3 Å². The topological polar surface area (TPSA) is 146 Å². The molecule has 0 spiro atoms. The van der Waals surface area contributed by atoms with Gasteiger partial charge in [-0.25, -0.2) is 4.79 Å². The van der Waals surface area contributed by atoms with E-state index < -0.39 is 37.5 Å². The normalized spacial score (nSPS) is 20.7. The second kappa shape index (κ2) is 10.1. The van der Waals surface area contributed by atoms with Gasteiger partial charge >= 0.3 is 11.7 Å².